The van der Waals surface area contributed by atoms with Gasteiger partial charge in [-0.3, -0.25) is 4.79 Å². The number of nitrogens with zero attached hydrogens (tertiary/aromatic N) is 4. The monoisotopic (exact) mass is 390 g/mol. The van der Waals surface area contributed by atoms with E-state index >= 15 is 0 Å². The quantitative estimate of drug-likeness (QED) is 0.516. The maximum atomic E-state index is 13.3. The van der Waals surface area contributed by atoms with E-state index in [9.17, 15) is 4.79 Å². The van der Waals surface area contributed by atoms with Crippen LogP contribution in [0.5, 0.6) is 0 Å². The first-order valence-electron chi connectivity index (χ1n) is 9.40. The van der Waals surface area contributed by atoms with Gasteiger partial charge in [-0.15, -0.1) is 0 Å². The fourth-order valence-electron chi connectivity index (χ4n) is 3.53. The molecule has 5 nitrogen and oxygen atoms in total. The summed E-state index contributed by atoms with van der Waals surface area (Å²) in [5.41, 5.74) is 4.40. The highest BCUT2D eigenvalue weighted by Crippen LogP contribution is 2.41. The van der Waals surface area contributed by atoms with Gasteiger partial charge in [-0.05, 0) is 43.5 Å². The lowest BCUT2D eigenvalue weighted by atomic mass is 10.1. The third-order valence-electron chi connectivity index (χ3n) is 5.18. The Morgan fingerprint density at radius 1 is 1.14 bits per heavy atom. The summed E-state index contributed by atoms with van der Waals surface area (Å²) in [6, 6.07) is 15.6. The Bertz CT molecular complexity index is 1240. The van der Waals surface area contributed by atoms with Gasteiger partial charge in [0.15, 0.2) is 0 Å². The number of aryl methyl sites for hydroxylation is 1. The van der Waals surface area contributed by atoms with Crippen LogP contribution < -0.4 is 5.56 Å². The lowest BCUT2D eigenvalue weighted by Crippen LogP contribution is -2.26. The van der Waals surface area contributed by atoms with E-state index in [-0.39, 0.29) is 5.56 Å². The molecule has 28 heavy (non-hydrogen) atoms. The maximum Gasteiger partial charge on any atom is 0.293 e. The molecule has 2 heterocycles. The van der Waals surface area contributed by atoms with E-state index in [1.165, 1.54) is 5.56 Å². The van der Waals surface area contributed by atoms with E-state index in [1.807, 2.05) is 36.4 Å². The van der Waals surface area contributed by atoms with Crippen LogP contribution in [-0.2, 0) is 6.54 Å². The molecule has 0 amide bonds. The fourth-order valence-corrected chi connectivity index (χ4v) is 3.71. The first-order valence-corrected chi connectivity index (χ1v) is 9.78. The molecule has 1 aliphatic rings. The van der Waals surface area contributed by atoms with E-state index in [0.717, 1.165) is 35.2 Å². The molecule has 0 aliphatic heterocycles. The SMILES string of the molecule is Cc1ccc(Cn2nc(C3CC3)c3cnn(-c4cccc(Cl)c4)c3c2=O)cc1. The van der Waals surface area contributed by atoms with Crippen molar-refractivity contribution < 1.29 is 0 Å². The molecular formula is C22H19ClN4O. The van der Waals surface area contributed by atoms with Crippen LogP contribution in [0.3, 0.4) is 0 Å². The van der Waals surface area contributed by atoms with Crippen molar-refractivity contribution in [2.24, 2.45) is 0 Å². The molecule has 4 aromatic rings. The Morgan fingerprint density at radius 2 is 1.93 bits per heavy atom. The average Bonchev–Trinajstić information content (AvgIpc) is 3.43. The molecule has 0 atom stereocenters. The first-order chi connectivity index (χ1) is 13.6. The molecule has 0 bridgehead atoms. The van der Waals surface area contributed by atoms with E-state index in [4.69, 9.17) is 16.7 Å². The Hall–Kier alpha value is -2.92. The van der Waals surface area contributed by atoms with Crippen LogP contribution >= 0.6 is 11.6 Å². The van der Waals surface area contributed by atoms with Crippen molar-refractivity contribution in [2.45, 2.75) is 32.2 Å². The van der Waals surface area contributed by atoms with Crippen LogP contribution in [0.1, 0.15) is 35.6 Å². The molecule has 140 valence electrons. The number of rotatable bonds is 4. The molecule has 6 heteroatoms. The number of hydrogen-bond donors (Lipinski definition) is 0. The number of fused-ring (bicyclic) bond motifs is 1. The van der Waals surface area contributed by atoms with Gasteiger partial charge in [0.05, 0.1) is 24.1 Å². The van der Waals surface area contributed by atoms with Gasteiger partial charge in [0, 0.05) is 16.3 Å². The summed E-state index contributed by atoms with van der Waals surface area (Å²) in [7, 11) is 0. The largest absolute Gasteiger partial charge is 0.293 e. The van der Waals surface area contributed by atoms with Gasteiger partial charge in [-0.25, -0.2) is 9.36 Å². The van der Waals surface area contributed by atoms with E-state index in [1.54, 1.807) is 15.6 Å². The Balaban J connectivity index is 1.71. The standard InChI is InChI=1S/C22H19ClN4O/c1-14-5-7-15(8-6-14)13-26-22(28)21-19(20(25-26)16-9-10-16)12-24-27(21)18-4-2-3-17(23)11-18/h2-8,11-12,16H,9-10,13H2,1H3. The topological polar surface area (TPSA) is 52.7 Å². The molecule has 0 radical (unpaired) electrons. The highest BCUT2D eigenvalue weighted by Gasteiger charge is 2.30. The van der Waals surface area contributed by atoms with Crippen LogP contribution in [0.2, 0.25) is 5.02 Å². The van der Waals surface area contributed by atoms with Crippen molar-refractivity contribution in [1.29, 1.82) is 0 Å². The molecule has 5 rings (SSSR count). The van der Waals surface area contributed by atoms with Gasteiger partial charge in [-0.1, -0.05) is 47.5 Å². The van der Waals surface area contributed by atoms with Crippen LogP contribution in [0.15, 0.2) is 59.5 Å². The molecule has 0 N–H and O–H groups in total. The van der Waals surface area contributed by atoms with Crippen molar-refractivity contribution in [2.75, 3.05) is 0 Å². The Kier molecular flexibility index (Phi) is 4.05. The zero-order valence-electron chi connectivity index (χ0n) is 15.5. The maximum absolute atomic E-state index is 13.3. The smallest absolute Gasteiger partial charge is 0.265 e. The van der Waals surface area contributed by atoms with Crippen LogP contribution in [0, 0.1) is 6.92 Å². The lowest BCUT2D eigenvalue weighted by Gasteiger charge is -2.10. The lowest BCUT2D eigenvalue weighted by molar-refractivity contribution is 0.626. The molecule has 1 fully saturated rings. The number of benzene rings is 2. The van der Waals surface area contributed by atoms with Crippen LogP contribution in [-0.4, -0.2) is 19.6 Å². The molecule has 0 unspecified atom stereocenters. The van der Waals surface area contributed by atoms with Crippen molar-refractivity contribution in [3.8, 4) is 5.69 Å². The van der Waals surface area contributed by atoms with Gasteiger partial charge in [-0.2, -0.15) is 10.2 Å². The second kappa shape index (κ2) is 6.60. The summed E-state index contributed by atoms with van der Waals surface area (Å²) < 4.78 is 3.26. The summed E-state index contributed by atoms with van der Waals surface area (Å²) >= 11 is 6.16. The molecular weight excluding hydrogens is 372 g/mol. The van der Waals surface area contributed by atoms with Crippen molar-refractivity contribution >= 4 is 22.5 Å². The highest BCUT2D eigenvalue weighted by molar-refractivity contribution is 6.30. The third kappa shape index (κ3) is 3.02. The van der Waals surface area contributed by atoms with Gasteiger partial charge < -0.3 is 0 Å². The summed E-state index contributed by atoms with van der Waals surface area (Å²) in [6.07, 6.45) is 3.97. The molecule has 2 aromatic heterocycles. The average molecular weight is 391 g/mol. The minimum absolute atomic E-state index is 0.141. The van der Waals surface area contributed by atoms with E-state index in [0.29, 0.717) is 23.0 Å². The molecule has 2 aromatic carbocycles. The minimum atomic E-state index is -0.141. The Labute approximate surface area is 167 Å². The zero-order valence-corrected chi connectivity index (χ0v) is 16.2. The van der Waals surface area contributed by atoms with Gasteiger partial charge in [0.1, 0.15) is 5.52 Å². The highest BCUT2D eigenvalue weighted by atomic mass is 35.5. The van der Waals surface area contributed by atoms with E-state index < -0.39 is 0 Å². The van der Waals surface area contributed by atoms with Crippen molar-refractivity contribution in [1.82, 2.24) is 19.6 Å². The summed E-state index contributed by atoms with van der Waals surface area (Å²) in [4.78, 5) is 13.3. The van der Waals surface area contributed by atoms with Crippen LogP contribution in [0.4, 0.5) is 0 Å². The van der Waals surface area contributed by atoms with E-state index in [2.05, 4.69) is 24.2 Å². The minimum Gasteiger partial charge on any atom is -0.265 e. The fraction of sp³-hybridized carbons (Fsp3) is 0.227. The normalized spacial score (nSPS) is 13.9. The predicted molar refractivity (Wildman–Crippen MR) is 110 cm³/mol. The molecule has 1 aliphatic carbocycles. The second-order valence-electron chi connectivity index (χ2n) is 7.41. The second-order valence-corrected chi connectivity index (χ2v) is 7.84. The van der Waals surface area contributed by atoms with Gasteiger partial charge in [0.2, 0.25) is 0 Å². The summed E-state index contributed by atoms with van der Waals surface area (Å²) in [5, 5.41) is 10.7. The van der Waals surface area contributed by atoms with Gasteiger partial charge >= 0.3 is 0 Å². The Morgan fingerprint density at radius 3 is 2.64 bits per heavy atom. The number of halogens is 1. The number of hydrogen-bond acceptors (Lipinski definition) is 3. The first kappa shape index (κ1) is 17.2. The van der Waals surface area contributed by atoms with Gasteiger partial charge in [0.25, 0.3) is 5.56 Å². The van der Waals surface area contributed by atoms with Crippen molar-refractivity contribution in [3.63, 3.8) is 0 Å². The van der Waals surface area contributed by atoms with Crippen molar-refractivity contribution in [3.05, 3.63) is 86.9 Å². The van der Waals surface area contributed by atoms with Crippen LogP contribution in [0.25, 0.3) is 16.6 Å². The zero-order chi connectivity index (χ0) is 19.3. The molecule has 0 saturated heterocycles. The summed E-state index contributed by atoms with van der Waals surface area (Å²) in [6.45, 7) is 2.49. The molecule has 0 spiro atoms. The predicted octanol–water partition coefficient (Wildman–Crippen LogP) is 4.47. The summed E-state index contributed by atoms with van der Waals surface area (Å²) in [5.74, 6) is 0.407. The number of aromatic nitrogens is 4. The third-order valence-corrected chi connectivity index (χ3v) is 5.42. The molecule has 1 saturated carbocycles.